The topological polar surface area (TPSA) is 107 Å². The van der Waals surface area contributed by atoms with Gasteiger partial charge in [0.2, 0.25) is 0 Å². The number of amides is 1. The van der Waals surface area contributed by atoms with E-state index in [1.54, 1.807) is 0 Å². The second kappa shape index (κ2) is 9.23. The minimum absolute atomic E-state index is 0.00275. The molecule has 3 aromatic rings. The smallest absolute Gasteiger partial charge is 0.407 e. The zero-order valence-electron chi connectivity index (χ0n) is 17.2. The molecule has 0 saturated heterocycles. The fourth-order valence-electron chi connectivity index (χ4n) is 3.85. The highest BCUT2D eigenvalue weighted by Crippen LogP contribution is 2.44. The molecule has 3 N–H and O–H groups in total. The van der Waals surface area contributed by atoms with E-state index in [1.165, 1.54) is 29.3 Å². The van der Waals surface area contributed by atoms with Crippen LogP contribution >= 0.6 is 0 Å². The van der Waals surface area contributed by atoms with Crippen molar-refractivity contribution in [3.8, 4) is 23.0 Å². The van der Waals surface area contributed by atoms with E-state index >= 15 is 0 Å². The van der Waals surface area contributed by atoms with Gasteiger partial charge in [-0.05, 0) is 34.4 Å². The average molecular weight is 427 g/mol. The number of fused-ring (bicyclic) bond motifs is 3. The van der Waals surface area contributed by atoms with Crippen molar-refractivity contribution in [1.29, 1.82) is 0 Å². The molecule has 0 radical (unpaired) electrons. The van der Waals surface area contributed by atoms with Crippen molar-refractivity contribution in [1.82, 2.24) is 5.32 Å². The number of anilines is 1. The molecule has 0 aromatic heterocycles. The SMILES string of the molecule is Nc1ccc([N+](=O)[O-])c(C#CCCNC(=O)OCC2c3ccccc3-c3ccccc32)c1. The molecule has 0 heterocycles. The lowest BCUT2D eigenvalue weighted by Gasteiger charge is -2.14. The van der Waals surface area contributed by atoms with Crippen LogP contribution in [0.4, 0.5) is 16.2 Å². The molecule has 4 rings (SSSR count). The first-order chi connectivity index (χ1) is 15.5. The summed E-state index contributed by atoms with van der Waals surface area (Å²) in [5.41, 5.74) is 10.9. The number of hydrogen-bond donors (Lipinski definition) is 2. The lowest BCUT2D eigenvalue weighted by molar-refractivity contribution is -0.385. The molecule has 1 aliphatic rings. The monoisotopic (exact) mass is 427 g/mol. The number of ether oxygens (including phenoxy) is 1. The van der Waals surface area contributed by atoms with Gasteiger partial charge in [0.25, 0.3) is 5.69 Å². The Morgan fingerprint density at radius 3 is 2.38 bits per heavy atom. The van der Waals surface area contributed by atoms with E-state index < -0.39 is 11.0 Å². The number of nitro benzene ring substituents is 1. The zero-order chi connectivity index (χ0) is 22.5. The zero-order valence-corrected chi connectivity index (χ0v) is 17.2. The van der Waals surface area contributed by atoms with Gasteiger partial charge >= 0.3 is 6.09 Å². The van der Waals surface area contributed by atoms with Crippen LogP contribution in [0.2, 0.25) is 0 Å². The maximum atomic E-state index is 12.2. The van der Waals surface area contributed by atoms with Crippen LogP contribution in [0.25, 0.3) is 11.1 Å². The second-order valence-electron chi connectivity index (χ2n) is 7.34. The van der Waals surface area contributed by atoms with Crippen LogP contribution in [-0.4, -0.2) is 24.2 Å². The van der Waals surface area contributed by atoms with Crippen molar-refractivity contribution < 1.29 is 14.5 Å². The average Bonchev–Trinajstić information content (AvgIpc) is 3.11. The minimum Gasteiger partial charge on any atom is -0.449 e. The Balaban J connectivity index is 1.31. The van der Waals surface area contributed by atoms with Gasteiger partial charge in [0.15, 0.2) is 0 Å². The number of nitrogens with two attached hydrogens (primary N) is 1. The van der Waals surface area contributed by atoms with E-state index in [0.29, 0.717) is 12.1 Å². The fourth-order valence-corrected chi connectivity index (χ4v) is 3.85. The molecule has 0 saturated carbocycles. The number of alkyl carbamates (subject to hydrolysis) is 1. The summed E-state index contributed by atoms with van der Waals surface area (Å²) in [5, 5.41) is 13.7. The first kappa shape index (κ1) is 20.9. The van der Waals surface area contributed by atoms with Crippen LogP contribution in [0.3, 0.4) is 0 Å². The van der Waals surface area contributed by atoms with E-state index in [9.17, 15) is 14.9 Å². The number of nitrogens with one attached hydrogen (secondary N) is 1. The van der Waals surface area contributed by atoms with Crippen molar-refractivity contribution in [2.75, 3.05) is 18.9 Å². The van der Waals surface area contributed by atoms with Crippen LogP contribution in [0.1, 0.15) is 29.0 Å². The van der Waals surface area contributed by atoms with Crippen molar-refractivity contribution in [2.24, 2.45) is 0 Å². The first-order valence-corrected chi connectivity index (χ1v) is 10.2. The lowest BCUT2D eigenvalue weighted by atomic mass is 9.98. The van der Waals surface area contributed by atoms with Gasteiger partial charge in [-0.15, -0.1) is 0 Å². The summed E-state index contributed by atoms with van der Waals surface area (Å²) < 4.78 is 5.47. The summed E-state index contributed by atoms with van der Waals surface area (Å²) in [7, 11) is 0. The van der Waals surface area contributed by atoms with Crippen LogP contribution < -0.4 is 11.1 Å². The highest BCUT2D eigenvalue weighted by atomic mass is 16.6. The van der Waals surface area contributed by atoms with Gasteiger partial charge < -0.3 is 15.8 Å². The molecule has 7 nitrogen and oxygen atoms in total. The molecule has 7 heteroatoms. The number of nitro groups is 1. The molecule has 0 bridgehead atoms. The Morgan fingerprint density at radius 1 is 1.06 bits per heavy atom. The number of nitrogen functional groups attached to an aromatic ring is 1. The van der Waals surface area contributed by atoms with Gasteiger partial charge in [0, 0.05) is 30.6 Å². The van der Waals surface area contributed by atoms with Gasteiger partial charge in [0.1, 0.15) is 12.2 Å². The molecule has 0 fully saturated rings. The molecule has 1 amide bonds. The number of benzene rings is 3. The highest BCUT2D eigenvalue weighted by molar-refractivity contribution is 5.79. The maximum Gasteiger partial charge on any atom is 0.407 e. The lowest BCUT2D eigenvalue weighted by Crippen LogP contribution is -2.26. The Hall–Kier alpha value is -4.31. The van der Waals surface area contributed by atoms with Gasteiger partial charge in [-0.25, -0.2) is 4.79 Å². The summed E-state index contributed by atoms with van der Waals surface area (Å²) in [6, 6.07) is 20.5. The summed E-state index contributed by atoms with van der Waals surface area (Å²) in [6.45, 7) is 0.501. The number of carbonyl (C=O) groups is 1. The number of nitrogens with zero attached hydrogens (tertiary/aromatic N) is 1. The Kier molecular flexibility index (Phi) is 6.04. The van der Waals surface area contributed by atoms with Crippen molar-refractivity contribution in [3.63, 3.8) is 0 Å². The van der Waals surface area contributed by atoms with Crippen molar-refractivity contribution in [3.05, 3.63) is 93.5 Å². The fraction of sp³-hybridized carbons (Fsp3) is 0.160. The summed E-state index contributed by atoms with van der Waals surface area (Å²) in [5.74, 6) is 5.56. The predicted octanol–water partition coefficient (Wildman–Crippen LogP) is 4.46. The van der Waals surface area contributed by atoms with Crippen LogP contribution in [-0.2, 0) is 4.74 Å². The van der Waals surface area contributed by atoms with E-state index in [2.05, 4.69) is 41.4 Å². The second-order valence-corrected chi connectivity index (χ2v) is 7.34. The van der Waals surface area contributed by atoms with Crippen molar-refractivity contribution >= 4 is 17.5 Å². The van der Waals surface area contributed by atoms with Crippen LogP contribution in [0, 0.1) is 22.0 Å². The van der Waals surface area contributed by atoms with Gasteiger partial charge in [-0.2, -0.15) is 0 Å². The van der Waals surface area contributed by atoms with Crippen LogP contribution in [0.5, 0.6) is 0 Å². The molecule has 32 heavy (non-hydrogen) atoms. The summed E-state index contributed by atoms with van der Waals surface area (Å²) in [6.07, 6.45) is -0.209. The normalized spacial score (nSPS) is 11.6. The Morgan fingerprint density at radius 2 is 1.72 bits per heavy atom. The third-order valence-electron chi connectivity index (χ3n) is 5.30. The number of rotatable bonds is 5. The predicted molar refractivity (Wildman–Crippen MR) is 122 cm³/mol. The maximum absolute atomic E-state index is 12.2. The number of carbonyl (C=O) groups excluding carboxylic acids is 1. The highest BCUT2D eigenvalue weighted by Gasteiger charge is 2.28. The van der Waals surface area contributed by atoms with E-state index in [1.807, 2.05) is 24.3 Å². The van der Waals surface area contributed by atoms with Gasteiger partial charge in [-0.1, -0.05) is 60.4 Å². The molecule has 0 spiro atoms. The van der Waals surface area contributed by atoms with Gasteiger partial charge in [-0.3, -0.25) is 10.1 Å². The third-order valence-corrected chi connectivity index (χ3v) is 5.30. The van der Waals surface area contributed by atoms with E-state index in [0.717, 1.165) is 11.1 Å². The molecular formula is C25H21N3O4. The molecular weight excluding hydrogens is 406 g/mol. The number of hydrogen-bond acceptors (Lipinski definition) is 5. The molecule has 160 valence electrons. The molecule has 0 aliphatic heterocycles. The summed E-state index contributed by atoms with van der Waals surface area (Å²) in [4.78, 5) is 22.7. The quantitative estimate of drug-likeness (QED) is 0.206. The first-order valence-electron chi connectivity index (χ1n) is 10.2. The Labute approximate surface area is 185 Å². The molecule has 0 unspecified atom stereocenters. The summed E-state index contributed by atoms with van der Waals surface area (Å²) >= 11 is 0. The van der Waals surface area contributed by atoms with Crippen LogP contribution in [0.15, 0.2) is 66.7 Å². The molecule has 0 atom stereocenters. The third kappa shape index (κ3) is 4.40. The molecule has 1 aliphatic carbocycles. The molecule has 3 aromatic carbocycles. The van der Waals surface area contributed by atoms with Crippen molar-refractivity contribution in [2.45, 2.75) is 12.3 Å². The standard InChI is InChI=1S/C25H21N3O4/c26-18-12-13-24(28(30)31)17(15-18)7-5-6-14-27-25(29)32-16-23-21-10-3-1-8-19(21)20-9-2-4-11-22(20)23/h1-4,8-13,15,23H,6,14,16,26H2,(H,27,29). The van der Waals surface area contributed by atoms with Gasteiger partial charge in [0.05, 0.1) is 4.92 Å². The van der Waals surface area contributed by atoms with E-state index in [-0.39, 0.29) is 30.3 Å². The Bertz CT molecular complexity index is 1200. The minimum atomic E-state index is -0.524. The largest absolute Gasteiger partial charge is 0.449 e. The van der Waals surface area contributed by atoms with E-state index in [4.69, 9.17) is 10.5 Å².